The van der Waals surface area contributed by atoms with Crippen LogP contribution in [0, 0.1) is 5.82 Å². The van der Waals surface area contributed by atoms with Crippen molar-refractivity contribution < 1.29 is 4.39 Å². The van der Waals surface area contributed by atoms with Crippen molar-refractivity contribution in [1.82, 2.24) is 5.32 Å². The molecule has 2 aromatic carbocycles. The minimum Gasteiger partial charge on any atom is -0.362 e. The van der Waals surface area contributed by atoms with Crippen LogP contribution >= 0.6 is 35.6 Å². The van der Waals surface area contributed by atoms with E-state index in [9.17, 15) is 4.39 Å². The zero-order valence-electron chi connectivity index (χ0n) is 12.5. The number of rotatable bonds is 7. The van der Waals surface area contributed by atoms with Crippen molar-refractivity contribution in [2.45, 2.75) is 12.2 Å². The maximum Gasteiger partial charge on any atom is 0.170 e. The van der Waals surface area contributed by atoms with Gasteiger partial charge in [-0.3, -0.25) is 0 Å². The summed E-state index contributed by atoms with van der Waals surface area (Å²) >= 11 is 12.9. The van der Waals surface area contributed by atoms with Gasteiger partial charge in [0.2, 0.25) is 0 Å². The Morgan fingerprint density at radius 2 is 1.78 bits per heavy atom. The molecule has 0 unspecified atom stereocenters. The molecule has 0 aliphatic heterocycles. The summed E-state index contributed by atoms with van der Waals surface area (Å²) in [6.45, 7) is 0.815. The number of thioether (sulfide) groups is 1. The van der Waals surface area contributed by atoms with Crippen molar-refractivity contribution >= 4 is 46.4 Å². The Labute approximate surface area is 150 Å². The Morgan fingerprint density at radius 3 is 2.48 bits per heavy atom. The molecular weight excluding hydrogens is 351 g/mol. The highest BCUT2D eigenvalue weighted by atomic mass is 35.5. The molecule has 0 amide bonds. The zero-order chi connectivity index (χ0) is 16.5. The molecule has 0 saturated carbocycles. The lowest BCUT2D eigenvalue weighted by atomic mass is 10.2. The Morgan fingerprint density at radius 1 is 1.09 bits per heavy atom. The standard InChI is InChI=1S/C17H18ClFN2S2/c18-14-4-8-16(9-5-14)21-17(22)20-10-1-11-23-12-13-2-6-15(19)7-3-13/h2-9H,1,10-12H2,(H2,20,21,22). The van der Waals surface area contributed by atoms with Crippen LogP contribution in [0.4, 0.5) is 10.1 Å². The third kappa shape index (κ3) is 7.20. The van der Waals surface area contributed by atoms with E-state index in [0.717, 1.165) is 35.7 Å². The second kappa shape index (κ2) is 9.75. The first-order valence-corrected chi connectivity index (χ1v) is 9.20. The molecule has 0 aliphatic rings. The summed E-state index contributed by atoms with van der Waals surface area (Å²) in [7, 11) is 0. The van der Waals surface area contributed by atoms with Crippen molar-refractivity contribution in [2.75, 3.05) is 17.6 Å². The minimum absolute atomic E-state index is 0.190. The monoisotopic (exact) mass is 368 g/mol. The highest BCUT2D eigenvalue weighted by Gasteiger charge is 1.98. The highest BCUT2D eigenvalue weighted by Crippen LogP contribution is 2.14. The van der Waals surface area contributed by atoms with Crippen LogP contribution in [0.1, 0.15) is 12.0 Å². The zero-order valence-corrected chi connectivity index (χ0v) is 14.9. The molecule has 0 bridgehead atoms. The SMILES string of the molecule is Fc1ccc(CSCCCNC(=S)Nc2ccc(Cl)cc2)cc1. The van der Waals surface area contributed by atoms with Crippen molar-refractivity contribution in [1.29, 1.82) is 0 Å². The lowest BCUT2D eigenvalue weighted by Crippen LogP contribution is -2.29. The van der Waals surface area contributed by atoms with Crippen molar-refractivity contribution in [2.24, 2.45) is 0 Å². The predicted octanol–water partition coefficient (Wildman–Crippen LogP) is 5.09. The number of hydrogen-bond donors (Lipinski definition) is 2. The predicted molar refractivity (Wildman–Crippen MR) is 103 cm³/mol. The van der Waals surface area contributed by atoms with Gasteiger partial charge in [-0.05, 0) is 66.4 Å². The fraction of sp³-hybridized carbons (Fsp3) is 0.235. The number of benzene rings is 2. The number of hydrogen-bond acceptors (Lipinski definition) is 2. The quantitative estimate of drug-likeness (QED) is 0.525. The molecule has 0 fully saturated rings. The summed E-state index contributed by atoms with van der Waals surface area (Å²) in [5.41, 5.74) is 2.06. The van der Waals surface area contributed by atoms with E-state index in [1.54, 1.807) is 0 Å². The second-order valence-corrected chi connectivity index (χ2v) is 6.87. The summed E-state index contributed by atoms with van der Waals surface area (Å²) < 4.78 is 12.8. The van der Waals surface area contributed by atoms with Crippen LogP contribution in [-0.2, 0) is 5.75 Å². The van der Waals surface area contributed by atoms with Crippen LogP contribution < -0.4 is 10.6 Å². The minimum atomic E-state index is -0.190. The van der Waals surface area contributed by atoms with Gasteiger partial charge in [0.1, 0.15) is 5.82 Å². The first-order valence-electron chi connectivity index (χ1n) is 7.26. The summed E-state index contributed by atoms with van der Waals surface area (Å²) in [6, 6.07) is 14.1. The molecular formula is C17H18ClFN2S2. The van der Waals surface area contributed by atoms with Gasteiger partial charge < -0.3 is 10.6 Å². The molecule has 2 N–H and O–H groups in total. The number of thiocarbonyl (C=S) groups is 1. The summed E-state index contributed by atoms with van der Waals surface area (Å²) in [5, 5.41) is 7.60. The van der Waals surface area contributed by atoms with Crippen molar-refractivity contribution in [3.63, 3.8) is 0 Å². The van der Waals surface area contributed by atoms with Crippen LogP contribution in [0.3, 0.4) is 0 Å². The maximum atomic E-state index is 12.8. The average molecular weight is 369 g/mol. The van der Waals surface area contributed by atoms with Crippen LogP contribution in [0.5, 0.6) is 0 Å². The number of nitrogens with one attached hydrogen (secondary N) is 2. The first kappa shape index (κ1) is 18.0. The Balaban J connectivity index is 1.55. The summed E-state index contributed by atoms with van der Waals surface area (Å²) in [6.07, 6.45) is 1.01. The number of halogens is 2. The van der Waals surface area contributed by atoms with E-state index >= 15 is 0 Å². The smallest absolute Gasteiger partial charge is 0.170 e. The third-order valence-corrected chi connectivity index (χ3v) is 4.65. The molecule has 2 rings (SSSR count). The average Bonchev–Trinajstić information content (AvgIpc) is 2.54. The van der Waals surface area contributed by atoms with E-state index in [1.807, 2.05) is 48.2 Å². The van der Waals surface area contributed by atoms with Gasteiger partial charge in [-0.15, -0.1) is 0 Å². The van der Waals surface area contributed by atoms with Gasteiger partial charge in [-0.25, -0.2) is 4.39 Å². The molecule has 23 heavy (non-hydrogen) atoms. The number of anilines is 1. The lowest BCUT2D eigenvalue weighted by molar-refractivity contribution is 0.627. The molecule has 2 nitrogen and oxygen atoms in total. The van der Waals surface area contributed by atoms with Gasteiger partial charge in [0.25, 0.3) is 0 Å². The van der Waals surface area contributed by atoms with E-state index in [1.165, 1.54) is 12.1 Å². The van der Waals surface area contributed by atoms with E-state index in [2.05, 4.69) is 10.6 Å². The molecule has 0 saturated heterocycles. The fourth-order valence-electron chi connectivity index (χ4n) is 1.86. The maximum absolute atomic E-state index is 12.8. The molecule has 0 atom stereocenters. The van der Waals surface area contributed by atoms with Gasteiger partial charge in [0.15, 0.2) is 5.11 Å². The van der Waals surface area contributed by atoms with Crippen LogP contribution in [0.25, 0.3) is 0 Å². The molecule has 0 spiro atoms. The molecule has 122 valence electrons. The first-order chi connectivity index (χ1) is 11.1. The van der Waals surface area contributed by atoms with Crippen LogP contribution in [0.2, 0.25) is 5.02 Å². The van der Waals surface area contributed by atoms with E-state index in [4.69, 9.17) is 23.8 Å². The molecule has 2 aromatic rings. The van der Waals surface area contributed by atoms with E-state index in [-0.39, 0.29) is 5.82 Å². The lowest BCUT2D eigenvalue weighted by Gasteiger charge is -2.10. The summed E-state index contributed by atoms with van der Waals surface area (Å²) in [4.78, 5) is 0. The normalized spacial score (nSPS) is 10.3. The van der Waals surface area contributed by atoms with E-state index in [0.29, 0.717) is 10.1 Å². The second-order valence-electron chi connectivity index (χ2n) is 4.92. The molecule has 6 heteroatoms. The van der Waals surface area contributed by atoms with Crippen molar-refractivity contribution in [3.8, 4) is 0 Å². The van der Waals surface area contributed by atoms with Crippen LogP contribution in [0.15, 0.2) is 48.5 Å². The topological polar surface area (TPSA) is 24.1 Å². The van der Waals surface area contributed by atoms with Gasteiger partial charge in [0.05, 0.1) is 0 Å². The van der Waals surface area contributed by atoms with Gasteiger partial charge in [-0.2, -0.15) is 11.8 Å². The van der Waals surface area contributed by atoms with E-state index < -0.39 is 0 Å². The van der Waals surface area contributed by atoms with Crippen LogP contribution in [-0.4, -0.2) is 17.4 Å². The van der Waals surface area contributed by atoms with Gasteiger partial charge in [-0.1, -0.05) is 23.7 Å². The van der Waals surface area contributed by atoms with Gasteiger partial charge >= 0.3 is 0 Å². The van der Waals surface area contributed by atoms with Crippen molar-refractivity contribution in [3.05, 3.63) is 64.9 Å². The van der Waals surface area contributed by atoms with Gasteiger partial charge in [0, 0.05) is 23.0 Å². The molecule has 0 radical (unpaired) electrons. The fourth-order valence-corrected chi connectivity index (χ4v) is 3.12. The largest absolute Gasteiger partial charge is 0.362 e. The Bertz CT molecular complexity index is 617. The highest BCUT2D eigenvalue weighted by molar-refractivity contribution is 7.98. The third-order valence-electron chi connectivity index (χ3n) is 3.04. The molecule has 0 aromatic heterocycles. The Hall–Kier alpha value is -1.30. The molecule has 0 heterocycles. The Kier molecular flexibility index (Phi) is 7.65. The summed E-state index contributed by atoms with van der Waals surface area (Å²) in [5.74, 6) is 1.73. The molecule has 0 aliphatic carbocycles.